The number of nitrogens with zero attached hydrogens (tertiary/aromatic N) is 3. The van der Waals surface area contributed by atoms with Crippen LogP contribution >= 0.6 is 11.6 Å². The number of carbonyl (C=O) groups excluding carboxylic acids is 1. The van der Waals surface area contributed by atoms with Gasteiger partial charge in [-0.05, 0) is 63.3 Å². The first-order chi connectivity index (χ1) is 16.7. The van der Waals surface area contributed by atoms with Crippen molar-refractivity contribution in [3.05, 3.63) is 47.2 Å². The van der Waals surface area contributed by atoms with Gasteiger partial charge in [0.05, 0.1) is 24.4 Å². The van der Waals surface area contributed by atoms with Crippen molar-refractivity contribution in [1.82, 2.24) is 14.7 Å². The Morgan fingerprint density at radius 2 is 2.00 bits per heavy atom. The molecule has 1 amide bonds. The average molecular weight is 501 g/mol. The van der Waals surface area contributed by atoms with Crippen molar-refractivity contribution >= 4 is 29.0 Å². The fourth-order valence-electron chi connectivity index (χ4n) is 4.36. The summed E-state index contributed by atoms with van der Waals surface area (Å²) in [4.78, 5) is 19.1. The molecule has 9 heteroatoms. The molecule has 0 bridgehead atoms. The van der Waals surface area contributed by atoms with Crippen molar-refractivity contribution in [1.29, 1.82) is 0 Å². The third-order valence-electron chi connectivity index (χ3n) is 6.18. The molecule has 1 aliphatic rings. The predicted molar refractivity (Wildman–Crippen MR) is 137 cm³/mol. The monoisotopic (exact) mass is 500 g/mol. The minimum absolute atomic E-state index is 0.139. The first-order valence-electron chi connectivity index (χ1n) is 11.8. The molecular weight excluding hydrogens is 468 g/mol. The summed E-state index contributed by atoms with van der Waals surface area (Å²) in [6.07, 6.45) is 5.56. The fraction of sp³-hybridized carbons (Fsp3) is 0.462. The van der Waals surface area contributed by atoms with E-state index in [-0.39, 0.29) is 12.7 Å². The first-order valence-corrected chi connectivity index (χ1v) is 12.2. The number of methoxy groups -OCH3 is 1. The number of hydrogen-bond acceptors (Lipinski definition) is 6. The van der Waals surface area contributed by atoms with E-state index in [0.29, 0.717) is 28.8 Å². The lowest BCUT2D eigenvalue weighted by molar-refractivity contribution is 0.0517. The van der Waals surface area contributed by atoms with E-state index in [1.807, 2.05) is 37.6 Å². The molecule has 4 rings (SSSR count). The van der Waals surface area contributed by atoms with Crippen LogP contribution in [-0.2, 0) is 11.3 Å². The molecule has 0 radical (unpaired) electrons. The molecule has 1 aromatic carbocycles. The number of ether oxygens (including phenoxy) is 2. The van der Waals surface area contributed by atoms with Gasteiger partial charge in [-0.1, -0.05) is 11.6 Å². The Morgan fingerprint density at radius 1 is 1.26 bits per heavy atom. The first kappa shape index (κ1) is 25.1. The lowest BCUT2D eigenvalue weighted by Gasteiger charge is -2.33. The van der Waals surface area contributed by atoms with E-state index in [1.165, 1.54) is 0 Å². The van der Waals surface area contributed by atoms with Gasteiger partial charge in [-0.25, -0.2) is 9.78 Å². The molecule has 3 heterocycles. The SMILES string of the molecule is COc1cc(CO)c(-c2cn3ccc(N4CCC(CNC(=O)OC(C)(C)C)CC4)cc3n2)cc1Cl. The lowest BCUT2D eigenvalue weighted by Crippen LogP contribution is -2.40. The van der Waals surface area contributed by atoms with Crippen LogP contribution in [0.3, 0.4) is 0 Å². The maximum absolute atomic E-state index is 11.9. The second-order valence-corrected chi connectivity index (χ2v) is 10.3. The Bertz CT molecular complexity index is 1200. The average Bonchev–Trinajstić information content (AvgIpc) is 3.25. The van der Waals surface area contributed by atoms with E-state index < -0.39 is 5.60 Å². The molecule has 0 spiro atoms. The highest BCUT2D eigenvalue weighted by Crippen LogP contribution is 2.34. The van der Waals surface area contributed by atoms with E-state index in [2.05, 4.69) is 22.3 Å². The number of anilines is 1. The number of pyridine rings is 1. The Morgan fingerprint density at radius 3 is 2.66 bits per heavy atom. The number of fused-ring (bicyclic) bond motifs is 1. The van der Waals surface area contributed by atoms with Gasteiger partial charge in [-0.2, -0.15) is 0 Å². The molecule has 2 N–H and O–H groups in total. The molecular formula is C26H33ClN4O4. The topological polar surface area (TPSA) is 88.3 Å². The van der Waals surface area contributed by atoms with Gasteiger partial charge in [0.2, 0.25) is 0 Å². The number of hydrogen-bond donors (Lipinski definition) is 2. The number of aliphatic hydroxyl groups is 1. The van der Waals surface area contributed by atoms with Crippen LogP contribution < -0.4 is 15.0 Å². The molecule has 1 saturated heterocycles. The number of carbonyl (C=O) groups is 1. The van der Waals surface area contributed by atoms with E-state index >= 15 is 0 Å². The lowest BCUT2D eigenvalue weighted by atomic mass is 9.96. The van der Waals surface area contributed by atoms with Crippen molar-refractivity contribution in [3.8, 4) is 17.0 Å². The standard InChI is InChI=1S/C26H33ClN4O4/c1-26(2,3)35-25(33)28-14-17-5-8-30(9-6-17)19-7-10-31-15-22(29-24(31)12-19)20-13-21(27)23(34-4)11-18(20)16-32/h7,10-13,15,17,32H,5-6,8-9,14,16H2,1-4H3,(H,28,33). The van der Waals surface area contributed by atoms with Gasteiger partial charge in [0.25, 0.3) is 0 Å². The molecule has 0 atom stereocenters. The van der Waals surface area contributed by atoms with Crippen LogP contribution in [0.25, 0.3) is 16.9 Å². The van der Waals surface area contributed by atoms with Gasteiger partial charge in [0, 0.05) is 49.3 Å². The maximum Gasteiger partial charge on any atom is 0.407 e. The highest BCUT2D eigenvalue weighted by atomic mass is 35.5. The zero-order valence-electron chi connectivity index (χ0n) is 20.7. The Kier molecular flexibility index (Phi) is 7.42. The number of imidazole rings is 1. The Hall–Kier alpha value is -2.97. The maximum atomic E-state index is 11.9. The van der Waals surface area contributed by atoms with Gasteiger partial charge < -0.3 is 29.2 Å². The van der Waals surface area contributed by atoms with Crippen molar-refractivity contribution < 1.29 is 19.4 Å². The molecule has 2 aromatic heterocycles. The van der Waals surface area contributed by atoms with E-state index in [4.69, 9.17) is 26.1 Å². The van der Waals surface area contributed by atoms with Crippen LogP contribution in [-0.4, -0.2) is 52.9 Å². The van der Waals surface area contributed by atoms with Crippen molar-refractivity contribution in [2.24, 2.45) is 5.92 Å². The molecule has 35 heavy (non-hydrogen) atoms. The van der Waals surface area contributed by atoms with Gasteiger partial charge >= 0.3 is 6.09 Å². The molecule has 3 aromatic rings. The quantitative estimate of drug-likeness (QED) is 0.500. The summed E-state index contributed by atoms with van der Waals surface area (Å²) < 4.78 is 12.6. The largest absolute Gasteiger partial charge is 0.495 e. The summed E-state index contributed by atoms with van der Waals surface area (Å²) in [6, 6.07) is 7.69. The molecule has 0 aliphatic carbocycles. The van der Waals surface area contributed by atoms with Crippen molar-refractivity contribution in [2.75, 3.05) is 31.6 Å². The van der Waals surface area contributed by atoms with Crippen LogP contribution in [0.5, 0.6) is 5.75 Å². The van der Waals surface area contributed by atoms with Crippen LogP contribution in [0.15, 0.2) is 36.7 Å². The van der Waals surface area contributed by atoms with Gasteiger partial charge in [0.1, 0.15) is 17.0 Å². The Balaban J connectivity index is 1.43. The number of rotatable bonds is 6. The number of halogens is 1. The van der Waals surface area contributed by atoms with Crippen LogP contribution in [0, 0.1) is 5.92 Å². The molecule has 0 saturated carbocycles. The third-order valence-corrected chi connectivity index (χ3v) is 6.48. The number of alkyl carbamates (subject to hydrolysis) is 1. The van der Waals surface area contributed by atoms with E-state index in [9.17, 15) is 9.90 Å². The fourth-order valence-corrected chi connectivity index (χ4v) is 4.60. The summed E-state index contributed by atoms with van der Waals surface area (Å²) in [6.45, 7) is 7.90. The molecule has 1 aliphatic heterocycles. The number of aliphatic hydroxyl groups excluding tert-OH is 1. The highest BCUT2D eigenvalue weighted by molar-refractivity contribution is 6.32. The van der Waals surface area contributed by atoms with Gasteiger partial charge in [-0.15, -0.1) is 0 Å². The van der Waals surface area contributed by atoms with E-state index in [0.717, 1.165) is 48.5 Å². The summed E-state index contributed by atoms with van der Waals surface area (Å²) in [5, 5.41) is 13.2. The number of amides is 1. The minimum atomic E-state index is -0.488. The molecule has 1 fully saturated rings. The zero-order chi connectivity index (χ0) is 25.2. The van der Waals surface area contributed by atoms with Crippen molar-refractivity contribution in [2.45, 2.75) is 45.8 Å². The second-order valence-electron chi connectivity index (χ2n) is 9.89. The van der Waals surface area contributed by atoms with Gasteiger partial charge in [-0.3, -0.25) is 0 Å². The summed E-state index contributed by atoms with van der Waals surface area (Å²) >= 11 is 6.34. The number of benzene rings is 1. The summed E-state index contributed by atoms with van der Waals surface area (Å²) in [7, 11) is 1.55. The van der Waals surface area contributed by atoms with E-state index in [1.54, 1.807) is 19.2 Å². The van der Waals surface area contributed by atoms with Crippen LogP contribution in [0.2, 0.25) is 5.02 Å². The molecule has 0 unspecified atom stereocenters. The summed E-state index contributed by atoms with van der Waals surface area (Å²) in [5.41, 5.74) is 3.67. The van der Waals surface area contributed by atoms with Crippen LogP contribution in [0.1, 0.15) is 39.2 Å². The van der Waals surface area contributed by atoms with Gasteiger partial charge in [0.15, 0.2) is 0 Å². The predicted octanol–water partition coefficient (Wildman–Crippen LogP) is 4.90. The number of piperidine rings is 1. The zero-order valence-corrected chi connectivity index (χ0v) is 21.4. The summed E-state index contributed by atoms with van der Waals surface area (Å²) in [5.74, 6) is 0.951. The molecule has 8 nitrogen and oxygen atoms in total. The molecule has 188 valence electrons. The number of nitrogens with one attached hydrogen (secondary N) is 1. The smallest absolute Gasteiger partial charge is 0.407 e. The number of aromatic nitrogens is 2. The Labute approximate surface area is 210 Å². The third kappa shape index (κ3) is 6.00. The minimum Gasteiger partial charge on any atom is -0.495 e. The highest BCUT2D eigenvalue weighted by Gasteiger charge is 2.22. The second kappa shape index (κ2) is 10.3. The van der Waals surface area contributed by atoms with Crippen LogP contribution in [0.4, 0.5) is 10.5 Å². The normalized spacial score (nSPS) is 14.9. The van der Waals surface area contributed by atoms with Crippen molar-refractivity contribution in [3.63, 3.8) is 0 Å².